The molecule has 0 unspecified atom stereocenters. The second-order valence-corrected chi connectivity index (χ2v) is 4.90. The highest BCUT2D eigenvalue weighted by atomic mass is 79.9. The van der Waals surface area contributed by atoms with Gasteiger partial charge in [0, 0.05) is 15.6 Å². The van der Waals surface area contributed by atoms with Crippen LogP contribution in [-0.4, -0.2) is 5.78 Å². The molecule has 0 fully saturated rings. The van der Waals surface area contributed by atoms with Crippen LogP contribution in [-0.2, 0) is 0 Å². The third-order valence-electron chi connectivity index (χ3n) is 2.37. The Hall–Kier alpha value is -1.32. The lowest BCUT2D eigenvalue weighted by atomic mass is 10.0. The van der Waals surface area contributed by atoms with Crippen molar-refractivity contribution in [2.45, 2.75) is 0 Å². The average Bonchev–Trinajstić information content (AvgIpc) is 2.33. The zero-order valence-electron chi connectivity index (χ0n) is 8.78. The fraction of sp³-hybridized carbons (Fsp3) is 0. The van der Waals surface area contributed by atoms with Crippen molar-refractivity contribution in [3.05, 3.63) is 63.1 Å². The molecule has 2 N–H and O–H groups in total. The summed E-state index contributed by atoms with van der Waals surface area (Å²) in [6.45, 7) is 0. The Morgan fingerprint density at radius 1 is 1.06 bits per heavy atom. The first-order chi connectivity index (χ1) is 8.08. The van der Waals surface area contributed by atoms with Crippen LogP contribution in [0.15, 0.2) is 46.9 Å². The summed E-state index contributed by atoms with van der Waals surface area (Å²) in [4.78, 5) is 12.1. The van der Waals surface area contributed by atoms with Crippen LogP contribution in [0.25, 0.3) is 0 Å². The second-order valence-electron chi connectivity index (χ2n) is 3.57. The summed E-state index contributed by atoms with van der Waals surface area (Å²) in [7, 11) is 0. The molecule has 0 saturated carbocycles. The molecular weight excluding hydrogens is 302 g/mol. The summed E-state index contributed by atoms with van der Waals surface area (Å²) in [6.07, 6.45) is 0. The number of nitrogen functional groups attached to an aromatic ring is 1. The van der Waals surface area contributed by atoms with Gasteiger partial charge in [-0.05, 0) is 42.5 Å². The maximum atomic E-state index is 12.1. The summed E-state index contributed by atoms with van der Waals surface area (Å²) < 4.78 is 0.935. The highest BCUT2D eigenvalue weighted by Gasteiger charge is 2.10. The van der Waals surface area contributed by atoms with Crippen LogP contribution in [0.1, 0.15) is 15.9 Å². The van der Waals surface area contributed by atoms with Crippen LogP contribution in [0.5, 0.6) is 0 Å². The van der Waals surface area contributed by atoms with E-state index in [0.717, 1.165) is 4.47 Å². The minimum Gasteiger partial charge on any atom is -0.398 e. The van der Waals surface area contributed by atoms with Gasteiger partial charge in [-0.1, -0.05) is 27.5 Å². The van der Waals surface area contributed by atoms with Gasteiger partial charge in [0.25, 0.3) is 0 Å². The molecule has 0 bridgehead atoms. The molecule has 0 aliphatic rings. The van der Waals surface area contributed by atoms with Crippen molar-refractivity contribution in [1.82, 2.24) is 0 Å². The van der Waals surface area contributed by atoms with Crippen LogP contribution in [0.2, 0.25) is 5.02 Å². The van der Waals surface area contributed by atoms with Gasteiger partial charge in [-0.15, -0.1) is 0 Å². The molecule has 0 atom stereocenters. The fourth-order valence-corrected chi connectivity index (χ4v) is 1.88. The molecule has 0 aliphatic carbocycles. The number of carbonyl (C=O) groups excluding carboxylic acids is 1. The lowest BCUT2D eigenvalue weighted by Crippen LogP contribution is -2.01. The third-order valence-corrected chi connectivity index (χ3v) is 3.23. The maximum absolute atomic E-state index is 12.1. The first-order valence-corrected chi connectivity index (χ1v) is 6.10. The maximum Gasteiger partial charge on any atom is 0.193 e. The Bertz CT molecular complexity index is 566. The molecule has 0 amide bonds. The minimum absolute atomic E-state index is 0.0700. The summed E-state index contributed by atoms with van der Waals surface area (Å²) in [5, 5.41) is 0.396. The molecule has 0 radical (unpaired) electrons. The van der Waals surface area contributed by atoms with Crippen LogP contribution in [0, 0.1) is 0 Å². The summed E-state index contributed by atoms with van der Waals surface area (Å²) in [6, 6.07) is 12.1. The number of hydrogen-bond donors (Lipinski definition) is 1. The van der Waals surface area contributed by atoms with Crippen molar-refractivity contribution in [2.24, 2.45) is 0 Å². The molecule has 4 heteroatoms. The van der Waals surface area contributed by atoms with Crippen molar-refractivity contribution in [3.8, 4) is 0 Å². The van der Waals surface area contributed by atoms with E-state index >= 15 is 0 Å². The van der Waals surface area contributed by atoms with E-state index in [4.69, 9.17) is 17.3 Å². The van der Waals surface area contributed by atoms with Gasteiger partial charge in [0.2, 0.25) is 0 Å². The van der Waals surface area contributed by atoms with E-state index < -0.39 is 0 Å². The lowest BCUT2D eigenvalue weighted by molar-refractivity contribution is 0.103. The largest absolute Gasteiger partial charge is 0.398 e. The highest BCUT2D eigenvalue weighted by Crippen LogP contribution is 2.22. The van der Waals surface area contributed by atoms with Gasteiger partial charge in [0.05, 0.1) is 10.7 Å². The number of hydrogen-bond acceptors (Lipinski definition) is 2. The number of ketones is 1. The van der Waals surface area contributed by atoms with E-state index in [-0.39, 0.29) is 5.78 Å². The standard InChI is InChI=1S/C13H9BrClNO/c14-10-4-1-8(2-5-10)13(17)9-3-6-12(16)11(15)7-9/h1-7H,16H2. The second kappa shape index (κ2) is 4.90. The van der Waals surface area contributed by atoms with E-state index in [2.05, 4.69) is 15.9 Å². The van der Waals surface area contributed by atoms with E-state index in [1.165, 1.54) is 0 Å². The third kappa shape index (κ3) is 2.68. The van der Waals surface area contributed by atoms with Gasteiger partial charge in [-0.25, -0.2) is 0 Å². The Morgan fingerprint density at radius 2 is 1.65 bits per heavy atom. The van der Waals surface area contributed by atoms with Crippen LogP contribution in [0.3, 0.4) is 0 Å². The Balaban J connectivity index is 2.37. The summed E-state index contributed by atoms with van der Waals surface area (Å²) in [5.74, 6) is -0.0700. The Labute approximate surface area is 113 Å². The van der Waals surface area contributed by atoms with Crippen LogP contribution >= 0.6 is 27.5 Å². The monoisotopic (exact) mass is 309 g/mol. The van der Waals surface area contributed by atoms with Crippen molar-refractivity contribution in [2.75, 3.05) is 5.73 Å². The molecule has 2 aromatic carbocycles. The first kappa shape index (κ1) is 12.1. The highest BCUT2D eigenvalue weighted by molar-refractivity contribution is 9.10. The molecule has 0 heterocycles. The molecule has 2 rings (SSSR count). The van der Waals surface area contributed by atoms with Gasteiger partial charge in [0.15, 0.2) is 5.78 Å². The minimum atomic E-state index is -0.0700. The van der Waals surface area contributed by atoms with Crippen molar-refractivity contribution < 1.29 is 4.79 Å². The SMILES string of the molecule is Nc1ccc(C(=O)c2ccc(Br)cc2)cc1Cl. The molecular formula is C13H9BrClNO. The first-order valence-electron chi connectivity index (χ1n) is 4.93. The number of carbonyl (C=O) groups is 1. The molecule has 2 nitrogen and oxygen atoms in total. The lowest BCUT2D eigenvalue weighted by Gasteiger charge is -2.03. The van der Waals surface area contributed by atoms with Crippen molar-refractivity contribution in [1.29, 1.82) is 0 Å². The molecule has 2 aromatic rings. The quantitative estimate of drug-likeness (QED) is 0.675. The van der Waals surface area contributed by atoms with Crippen molar-refractivity contribution in [3.63, 3.8) is 0 Å². The number of anilines is 1. The molecule has 0 aliphatic heterocycles. The van der Waals surface area contributed by atoms with E-state index in [9.17, 15) is 4.79 Å². The predicted octanol–water partition coefficient (Wildman–Crippen LogP) is 3.92. The van der Waals surface area contributed by atoms with Gasteiger partial charge in [-0.2, -0.15) is 0 Å². The number of nitrogens with two attached hydrogens (primary N) is 1. The molecule has 86 valence electrons. The van der Waals surface area contributed by atoms with E-state index in [0.29, 0.717) is 21.8 Å². The van der Waals surface area contributed by atoms with Gasteiger partial charge >= 0.3 is 0 Å². The molecule has 17 heavy (non-hydrogen) atoms. The number of rotatable bonds is 2. The molecule has 0 aromatic heterocycles. The van der Waals surface area contributed by atoms with Gasteiger partial charge in [-0.3, -0.25) is 4.79 Å². The van der Waals surface area contributed by atoms with Gasteiger partial charge in [0.1, 0.15) is 0 Å². The van der Waals surface area contributed by atoms with Crippen LogP contribution in [0.4, 0.5) is 5.69 Å². The average molecular weight is 311 g/mol. The summed E-state index contributed by atoms with van der Waals surface area (Å²) >= 11 is 9.21. The number of halogens is 2. The zero-order chi connectivity index (χ0) is 12.4. The summed E-state index contributed by atoms with van der Waals surface area (Å²) in [5.41, 5.74) is 7.22. The van der Waals surface area contributed by atoms with Crippen LogP contribution < -0.4 is 5.73 Å². The predicted molar refractivity (Wildman–Crippen MR) is 73.4 cm³/mol. The zero-order valence-corrected chi connectivity index (χ0v) is 11.1. The van der Waals surface area contributed by atoms with Gasteiger partial charge < -0.3 is 5.73 Å². The number of benzene rings is 2. The topological polar surface area (TPSA) is 43.1 Å². The van der Waals surface area contributed by atoms with E-state index in [1.807, 2.05) is 12.1 Å². The van der Waals surface area contributed by atoms with Crippen molar-refractivity contribution >= 4 is 39.0 Å². The Morgan fingerprint density at radius 3 is 2.24 bits per heavy atom. The fourth-order valence-electron chi connectivity index (χ4n) is 1.44. The normalized spacial score (nSPS) is 10.2. The van der Waals surface area contributed by atoms with E-state index in [1.54, 1.807) is 30.3 Å². The smallest absolute Gasteiger partial charge is 0.193 e. The Kier molecular flexibility index (Phi) is 3.50. The molecule has 0 spiro atoms. The molecule has 0 saturated heterocycles.